The minimum atomic E-state index is -0.510. The number of nitrogens with zero attached hydrogens (tertiary/aromatic N) is 1. The molecule has 1 rings (SSSR count). The van der Waals surface area contributed by atoms with Crippen LogP contribution in [0.3, 0.4) is 0 Å². The van der Waals surface area contributed by atoms with Crippen LogP contribution in [0.25, 0.3) is 0 Å². The summed E-state index contributed by atoms with van der Waals surface area (Å²) in [7, 11) is 1.30. The topological polar surface area (TPSA) is 51.2 Å². The first-order valence-corrected chi connectivity index (χ1v) is 5.36. The average Bonchev–Trinajstić information content (AvgIpc) is 2.31. The molecular formula is C12H22N2O2. The molecule has 4 heteroatoms. The van der Waals surface area contributed by atoms with Crippen molar-refractivity contribution in [1.29, 1.82) is 0 Å². The van der Waals surface area contributed by atoms with E-state index in [-0.39, 0.29) is 1.43 Å². The molecule has 1 heterocycles. The smallest absolute Gasteiger partial charge is 0.412 e. The van der Waals surface area contributed by atoms with Crippen molar-refractivity contribution in [2.24, 2.45) is 5.92 Å². The van der Waals surface area contributed by atoms with Crippen LogP contribution in [0.1, 0.15) is 28.6 Å². The monoisotopic (exact) mass is 226 g/mol. The zero-order valence-electron chi connectivity index (χ0n) is 10.4. The van der Waals surface area contributed by atoms with Gasteiger partial charge in [0.25, 0.3) is 0 Å². The third kappa shape index (κ3) is 7.79. The summed E-state index contributed by atoms with van der Waals surface area (Å²) in [6.45, 7) is 6.64. The van der Waals surface area contributed by atoms with Crippen molar-refractivity contribution in [3.05, 3.63) is 24.4 Å². The van der Waals surface area contributed by atoms with Gasteiger partial charge in [0.1, 0.15) is 5.82 Å². The van der Waals surface area contributed by atoms with E-state index in [9.17, 15) is 4.79 Å². The quantitative estimate of drug-likeness (QED) is 0.838. The zero-order valence-corrected chi connectivity index (χ0v) is 10.4. The Morgan fingerprint density at radius 1 is 1.56 bits per heavy atom. The van der Waals surface area contributed by atoms with Crippen LogP contribution in [-0.2, 0) is 4.74 Å². The van der Waals surface area contributed by atoms with E-state index in [4.69, 9.17) is 0 Å². The summed E-state index contributed by atoms with van der Waals surface area (Å²) in [5.74, 6) is 1.37. The summed E-state index contributed by atoms with van der Waals surface area (Å²) in [5, 5.41) is 2.42. The first-order chi connectivity index (χ1) is 7.60. The first-order valence-electron chi connectivity index (χ1n) is 5.36. The number of hydrogen-bond donors (Lipinski definition) is 1. The highest BCUT2D eigenvalue weighted by atomic mass is 16.5. The number of carbonyl (C=O) groups is 1. The number of anilines is 1. The summed E-state index contributed by atoms with van der Waals surface area (Å²) in [5.41, 5.74) is 0. The molecule has 0 aliphatic heterocycles. The molecule has 0 unspecified atom stereocenters. The van der Waals surface area contributed by atoms with Crippen molar-refractivity contribution < 1.29 is 11.0 Å². The van der Waals surface area contributed by atoms with Crippen molar-refractivity contribution in [1.82, 2.24) is 4.98 Å². The molecule has 0 bridgehead atoms. The van der Waals surface area contributed by atoms with Gasteiger partial charge in [-0.15, -0.1) is 0 Å². The number of ether oxygens (including phenoxy) is 1. The summed E-state index contributed by atoms with van der Waals surface area (Å²) >= 11 is 0. The maximum absolute atomic E-state index is 10.6. The van der Waals surface area contributed by atoms with Crippen molar-refractivity contribution >= 4 is 11.9 Å². The molecule has 0 fully saturated rings. The van der Waals surface area contributed by atoms with E-state index in [0.717, 1.165) is 5.92 Å². The van der Waals surface area contributed by atoms with E-state index < -0.39 is 6.09 Å². The van der Waals surface area contributed by atoms with Crippen molar-refractivity contribution in [3.63, 3.8) is 0 Å². The number of carbonyl (C=O) groups excluding carboxylic acids is 1. The molecule has 0 aromatic carbocycles. The second-order valence-corrected chi connectivity index (χ2v) is 3.63. The van der Waals surface area contributed by atoms with Crippen LogP contribution in [0.5, 0.6) is 0 Å². The largest absolute Gasteiger partial charge is 0.453 e. The first kappa shape index (κ1) is 14.4. The summed E-state index contributed by atoms with van der Waals surface area (Å²) < 4.78 is 4.36. The molecule has 1 N–H and O–H groups in total. The Kier molecular flexibility index (Phi) is 7.85. The van der Waals surface area contributed by atoms with Gasteiger partial charge in [-0.3, -0.25) is 5.32 Å². The number of nitrogens with one attached hydrogen (secondary N) is 1. The molecule has 0 aliphatic carbocycles. The lowest BCUT2D eigenvalue weighted by atomic mass is 10.2. The molecule has 4 nitrogen and oxygen atoms in total. The number of aromatic nitrogens is 1. The van der Waals surface area contributed by atoms with E-state index in [1.165, 1.54) is 13.5 Å². The maximum atomic E-state index is 10.6. The molecule has 0 spiro atoms. The van der Waals surface area contributed by atoms with Gasteiger partial charge in [0.05, 0.1) is 7.11 Å². The van der Waals surface area contributed by atoms with Gasteiger partial charge in [-0.1, -0.05) is 33.3 Å². The van der Waals surface area contributed by atoms with Crippen LogP contribution in [0.4, 0.5) is 10.6 Å². The Balaban J connectivity index is 0. The predicted octanol–water partition coefficient (Wildman–Crippen LogP) is 3.56. The third-order valence-electron chi connectivity index (χ3n) is 1.90. The second kappa shape index (κ2) is 8.71. The number of hydrogen-bond acceptors (Lipinski definition) is 3. The van der Waals surface area contributed by atoms with E-state index in [1.807, 2.05) is 0 Å². The Morgan fingerprint density at radius 3 is 2.56 bits per heavy atom. The molecule has 1 amide bonds. The van der Waals surface area contributed by atoms with Crippen LogP contribution in [0.2, 0.25) is 0 Å². The fourth-order valence-corrected chi connectivity index (χ4v) is 0.592. The number of rotatable bonds is 2. The Bertz CT molecular complexity index is 292. The highest BCUT2D eigenvalue weighted by Gasteiger charge is 1.98. The molecule has 1 aromatic rings. The standard InChI is InChI=1S/C7H8N2O2.C5H12.H2/c1-11-7(10)9-6-4-2-3-5-8-6;1-4-5(2)3;/h2-5H,1H3,(H,8,9,10);5H,4H2,1-3H3;1H. The lowest BCUT2D eigenvalue weighted by Crippen LogP contribution is -2.11. The predicted molar refractivity (Wildman–Crippen MR) is 67.5 cm³/mol. The van der Waals surface area contributed by atoms with Crippen molar-refractivity contribution in [2.75, 3.05) is 12.4 Å². The van der Waals surface area contributed by atoms with E-state index in [2.05, 4.69) is 35.8 Å². The van der Waals surface area contributed by atoms with Crippen LogP contribution in [0, 0.1) is 5.92 Å². The lowest BCUT2D eigenvalue weighted by molar-refractivity contribution is 0.187. The lowest BCUT2D eigenvalue weighted by Gasteiger charge is -1.99. The molecule has 0 atom stereocenters. The fourth-order valence-electron chi connectivity index (χ4n) is 0.592. The number of amides is 1. The Morgan fingerprint density at radius 2 is 2.19 bits per heavy atom. The van der Waals surface area contributed by atoms with Crippen molar-refractivity contribution in [3.8, 4) is 0 Å². The van der Waals surface area contributed by atoms with Gasteiger partial charge in [-0.05, 0) is 18.1 Å². The maximum Gasteiger partial charge on any atom is 0.412 e. The minimum Gasteiger partial charge on any atom is -0.453 e. The van der Waals surface area contributed by atoms with Gasteiger partial charge in [0.2, 0.25) is 0 Å². The summed E-state index contributed by atoms with van der Waals surface area (Å²) in [6.07, 6.45) is 2.38. The van der Waals surface area contributed by atoms with Gasteiger partial charge >= 0.3 is 6.09 Å². The number of methoxy groups -OCH3 is 1. The van der Waals surface area contributed by atoms with Crippen molar-refractivity contribution in [2.45, 2.75) is 27.2 Å². The number of pyridine rings is 1. The highest BCUT2D eigenvalue weighted by molar-refractivity contribution is 5.82. The van der Waals surface area contributed by atoms with Gasteiger partial charge in [-0.2, -0.15) is 0 Å². The van der Waals surface area contributed by atoms with Gasteiger partial charge in [0, 0.05) is 7.62 Å². The molecule has 0 aliphatic rings. The normalized spacial score (nSPS) is 9.06. The molecule has 0 radical (unpaired) electrons. The molecule has 16 heavy (non-hydrogen) atoms. The second-order valence-electron chi connectivity index (χ2n) is 3.63. The average molecular weight is 226 g/mol. The van der Waals surface area contributed by atoms with Crippen LogP contribution in [-0.4, -0.2) is 18.2 Å². The van der Waals surface area contributed by atoms with E-state index in [0.29, 0.717) is 5.82 Å². The summed E-state index contributed by atoms with van der Waals surface area (Å²) in [4.78, 5) is 14.5. The van der Waals surface area contributed by atoms with Crippen LogP contribution in [0.15, 0.2) is 24.4 Å². The molecule has 92 valence electrons. The minimum absolute atomic E-state index is 0. The zero-order chi connectivity index (χ0) is 12.4. The van der Waals surface area contributed by atoms with E-state index >= 15 is 0 Å². The fraction of sp³-hybridized carbons (Fsp3) is 0.500. The van der Waals surface area contributed by atoms with E-state index in [1.54, 1.807) is 24.4 Å². The van der Waals surface area contributed by atoms with Crippen LogP contribution >= 0.6 is 0 Å². The molecule has 0 saturated carbocycles. The highest BCUT2D eigenvalue weighted by Crippen LogP contribution is 1.99. The third-order valence-corrected chi connectivity index (χ3v) is 1.90. The Labute approximate surface area is 98.5 Å². The van der Waals surface area contributed by atoms with Gasteiger partial charge < -0.3 is 4.74 Å². The SMILES string of the molecule is CCC(C)C.COC(=O)Nc1ccccn1.[HH]. The molecular weight excluding hydrogens is 204 g/mol. The van der Waals surface area contributed by atoms with Gasteiger partial charge in [-0.25, -0.2) is 9.78 Å². The molecule has 0 saturated heterocycles. The van der Waals surface area contributed by atoms with Crippen LogP contribution < -0.4 is 5.32 Å². The van der Waals surface area contributed by atoms with Gasteiger partial charge in [0.15, 0.2) is 0 Å². The summed E-state index contributed by atoms with van der Waals surface area (Å²) in [6, 6.07) is 5.22. The molecule has 1 aromatic heterocycles. The Hall–Kier alpha value is -1.58.